The Morgan fingerprint density at radius 3 is 0.818 bits per heavy atom. The first kappa shape index (κ1) is 35.0. The summed E-state index contributed by atoms with van der Waals surface area (Å²) < 4.78 is 31.6. The molecule has 0 unspecified atom stereocenters. The van der Waals surface area contributed by atoms with Crippen LogP contribution < -0.4 is 0 Å². The molecule has 0 aromatic rings. The van der Waals surface area contributed by atoms with Crippen molar-refractivity contribution in [3.63, 3.8) is 0 Å². The van der Waals surface area contributed by atoms with Gasteiger partial charge in [-0.25, -0.2) is 0 Å². The summed E-state index contributed by atoms with van der Waals surface area (Å²) in [6.45, 7) is 11.0. The molecule has 0 aromatic heterocycles. The molecule has 0 amide bonds. The van der Waals surface area contributed by atoms with Crippen molar-refractivity contribution in [3.05, 3.63) is 0 Å². The summed E-state index contributed by atoms with van der Waals surface area (Å²) in [7, 11) is -4.67. The first-order valence-electron chi connectivity index (χ1n) is 14.3. The average molecular weight is 494 g/mol. The van der Waals surface area contributed by atoms with Crippen LogP contribution >= 0.6 is 0 Å². The monoisotopic (exact) mass is 493 g/mol. The highest BCUT2D eigenvalue weighted by Crippen LogP contribution is 2.12. The Morgan fingerprint density at radius 1 is 0.424 bits per heavy atom. The van der Waals surface area contributed by atoms with Crippen molar-refractivity contribution in [3.8, 4) is 0 Å². The van der Waals surface area contributed by atoms with Crippen LogP contribution in [0.1, 0.15) is 156 Å². The smallest absolute Gasteiger partial charge is 0.303 e. The van der Waals surface area contributed by atoms with Crippen molar-refractivity contribution in [2.24, 2.45) is 0 Å². The van der Waals surface area contributed by atoms with E-state index in [2.05, 4.69) is 25.7 Å². The second kappa shape index (κ2) is 28.1. The van der Waals surface area contributed by atoms with Crippen LogP contribution in [0.25, 0.3) is 0 Å². The van der Waals surface area contributed by atoms with E-state index >= 15 is 0 Å². The third kappa shape index (κ3) is 39.3. The highest BCUT2D eigenvalue weighted by Gasteiger charge is 2.05. The lowest BCUT2D eigenvalue weighted by Gasteiger charge is -2.22. The fraction of sp³-hybridized carbons (Fsp3) is 1.00. The van der Waals surface area contributed by atoms with Crippen LogP contribution in [0.5, 0.6) is 0 Å². The predicted molar refractivity (Wildman–Crippen MR) is 145 cm³/mol. The van der Waals surface area contributed by atoms with Crippen LogP contribution in [0.4, 0.5) is 0 Å². The molecule has 5 nitrogen and oxygen atoms in total. The minimum absolute atomic E-state index is 1.36. The number of hydrogen-bond donors (Lipinski definition) is 2. The largest absolute Gasteiger partial charge is 0.394 e. The van der Waals surface area contributed by atoms with Gasteiger partial charge in [-0.3, -0.25) is 9.11 Å². The van der Waals surface area contributed by atoms with E-state index in [-0.39, 0.29) is 0 Å². The zero-order chi connectivity index (χ0) is 25.0. The summed E-state index contributed by atoms with van der Waals surface area (Å²) in [5, 5.41) is 0. The quantitative estimate of drug-likeness (QED) is 0.104. The van der Waals surface area contributed by atoms with Crippen LogP contribution in [0.2, 0.25) is 0 Å². The minimum Gasteiger partial charge on any atom is -0.303 e. The topological polar surface area (TPSA) is 77.8 Å². The van der Waals surface area contributed by atoms with Gasteiger partial charge in [0.05, 0.1) is 0 Å². The summed E-state index contributed by atoms with van der Waals surface area (Å²) in [5.74, 6) is 0. The number of unbranched alkanes of at least 4 members (excludes halogenated alkanes) is 18. The van der Waals surface area contributed by atoms with Gasteiger partial charge in [-0.2, -0.15) is 8.42 Å². The van der Waals surface area contributed by atoms with Gasteiger partial charge in [-0.05, 0) is 38.9 Å². The molecule has 0 aliphatic heterocycles. The summed E-state index contributed by atoms with van der Waals surface area (Å²) in [4.78, 5) is 2.81. The molecule has 0 heterocycles. The lowest BCUT2D eigenvalue weighted by molar-refractivity contribution is 0.254. The van der Waals surface area contributed by atoms with Gasteiger partial charge in [0.15, 0.2) is 0 Å². The summed E-state index contributed by atoms with van der Waals surface area (Å²) in [6.07, 6.45) is 30.2. The Bertz CT molecular complexity index is 406. The van der Waals surface area contributed by atoms with Crippen molar-refractivity contribution in [2.45, 2.75) is 156 Å². The molecular weight excluding hydrogens is 434 g/mol. The maximum absolute atomic E-state index is 8.74. The summed E-state index contributed by atoms with van der Waals surface area (Å²) >= 11 is 0. The van der Waals surface area contributed by atoms with Crippen LogP contribution in [-0.2, 0) is 10.4 Å². The molecule has 0 aromatic carbocycles. The van der Waals surface area contributed by atoms with Crippen LogP contribution in [-0.4, -0.2) is 42.1 Å². The molecule has 0 bridgehead atoms. The van der Waals surface area contributed by atoms with Crippen LogP contribution in [0.15, 0.2) is 0 Å². The van der Waals surface area contributed by atoms with Crippen molar-refractivity contribution < 1.29 is 17.5 Å². The highest BCUT2D eigenvalue weighted by molar-refractivity contribution is 7.79. The second-order valence-corrected chi connectivity index (χ2v) is 10.5. The molecule has 33 heavy (non-hydrogen) atoms. The van der Waals surface area contributed by atoms with Crippen molar-refractivity contribution in [1.82, 2.24) is 4.90 Å². The first-order chi connectivity index (χ1) is 15.8. The van der Waals surface area contributed by atoms with E-state index in [1.54, 1.807) is 0 Å². The fourth-order valence-corrected chi connectivity index (χ4v) is 4.21. The summed E-state index contributed by atoms with van der Waals surface area (Å²) in [5.41, 5.74) is 0. The average Bonchev–Trinajstić information content (AvgIpc) is 2.75. The number of hydrogen-bond acceptors (Lipinski definition) is 3. The van der Waals surface area contributed by atoms with E-state index in [0.29, 0.717) is 0 Å². The molecule has 0 saturated carbocycles. The van der Waals surface area contributed by atoms with Gasteiger partial charge >= 0.3 is 10.4 Å². The van der Waals surface area contributed by atoms with E-state index in [9.17, 15) is 0 Å². The Hall–Kier alpha value is -0.170. The van der Waals surface area contributed by atoms with E-state index in [4.69, 9.17) is 17.5 Å². The maximum Gasteiger partial charge on any atom is 0.394 e. The van der Waals surface area contributed by atoms with Gasteiger partial charge in [-0.15, -0.1) is 0 Å². The van der Waals surface area contributed by atoms with Crippen molar-refractivity contribution >= 4 is 10.4 Å². The van der Waals surface area contributed by atoms with Gasteiger partial charge < -0.3 is 4.90 Å². The van der Waals surface area contributed by atoms with Crippen LogP contribution in [0, 0.1) is 0 Å². The number of nitrogens with zero attached hydrogens (tertiary/aromatic N) is 1. The Kier molecular flexibility index (Phi) is 29.8. The maximum atomic E-state index is 8.74. The zero-order valence-electron chi connectivity index (χ0n) is 22.5. The minimum atomic E-state index is -4.67. The molecule has 6 heteroatoms. The zero-order valence-corrected chi connectivity index (χ0v) is 23.4. The molecule has 202 valence electrons. The third-order valence-corrected chi connectivity index (χ3v) is 6.23. The molecule has 0 aliphatic carbocycles. The molecule has 0 fully saturated rings. The fourth-order valence-electron chi connectivity index (χ4n) is 4.21. The molecule has 0 rings (SSSR count). The Balaban J connectivity index is 0. The molecular formula is C27H59NO4S. The van der Waals surface area contributed by atoms with Gasteiger partial charge in [0.2, 0.25) is 0 Å². The van der Waals surface area contributed by atoms with Gasteiger partial charge in [0, 0.05) is 0 Å². The lowest BCUT2D eigenvalue weighted by atomic mass is 10.1. The highest BCUT2D eigenvalue weighted by atomic mass is 32.3. The molecule has 0 atom stereocenters. The van der Waals surface area contributed by atoms with E-state index < -0.39 is 10.4 Å². The normalized spacial score (nSPS) is 11.6. The molecule has 0 spiro atoms. The van der Waals surface area contributed by atoms with E-state index in [0.717, 1.165) is 0 Å². The molecule has 0 radical (unpaired) electrons. The van der Waals surface area contributed by atoms with Gasteiger partial charge in [0.1, 0.15) is 0 Å². The van der Waals surface area contributed by atoms with Crippen molar-refractivity contribution in [2.75, 3.05) is 19.6 Å². The standard InChI is InChI=1S/C27H57N.H2O4S/c1-4-7-10-13-16-19-22-25-28(26-23-20-17-14-11-8-5-2)27-24-21-18-15-12-9-6-3;1-5(2,3)4/h4-27H2,1-3H3;(H2,1,2,3,4). The number of rotatable bonds is 24. The Labute approximate surface area is 208 Å². The van der Waals surface area contributed by atoms with Crippen molar-refractivity contribution in [1.29, 1.82) is 0 Å². The SMILES string of the molecule is CCCCCCCCCN(CCCCCCCCC)CCCCCCCCC.O=S(=O)(O)O. The van der Waals surface area contributed by atoms with E-state index in [1.807, 2.05) is 0 Å². The van der Waals surface area contributed by atoms with Gasteiger partial charge in [0.25, 0.3) is 0 Å². The van der Waals surface area contributed by atoms with Gasteiger partial charge in [-0.1, -0.05) is 136 Å². The molecule has 0 aliphatic rings. The van der Waals surface area contributed by atoms with E-state index in [1.165, 1.54) is 154 Å². The second-order valence-electron chi connectivity index (χ2n) is 9.65. The lowest BCUT2D eigenvalue weighted by Crippen LogP contribution is -2.27. The first-order valence-corrected chi connectivity index (χ1v) is 15.7. The summed E-state index contributed by atoms with van der Waals surface area (Å²) in [6, 6.07) is 0. The van der Waals surface area contributed by atoms with Crippen LogP contribution in [0.3, 0.4) is 0 Å². The predicted octanol–water partition coefficient (Wildman–Crippen LogP) is 8.89. The Morgan fingerprint density at radius 2 is 0.606 bits per heavy atom. The third-order valence-electron chi connectivity index (χ3n) is 6.23. The molecule has 2 N–H and O–H groups in total. The molecule has 0 saturated heterocycles.